The maximum atomic E-state index is 13.0. The van der Waals surface area contributed by atoms with E-state index in [1.165, 1.54) is 6.07 Å². The van der Waals surface area contributed by atoms with Crippen molar-refractivity contribution in [2.24, 2.45) is 0 Å². The molecular weight excluding hydrogens is 333 g/mol. The summed E-state index contributed by atoms with van der Waals surface area (Å²) in [6, 6.07) is 3.54. The maximum absolute atomic E-state index is 13.0. The average molecular weight is 350 g/mol. The van der Waals surface area contributed by atoms with Crippen LogP contribution in [-0.4, -0.2) is 48.1 Å². The van der Waals surface area contributed by atoms with Crippen molar-refractivity contribution in [3.05, 3.63) is 29.7 Å². The van der Waals surface area contributed by atoms with Gasteiger partial charge >= 0.3 is 6.18 Å². The first-order valence-corrected chi connectivity index (χ1v) is 8.04. The van der Waals surface area contributed by atoms with Crippen LogP contribution in [-0.2, 0) is 6.18 Å². The minimum Gasteiger partial charge on any atom is -0.440 e. The lowest BCUT2D eigenvalue weighted by Gasteiger charge is -2.33. The molecule has 1 aromatic carbocycles. The Kier molecular flexibility index (Phi) is 3.61. The third-order valence-corrected chi connectivity index (χ3v) is 4.54. The van der Waals surface area contributed by atoms with Crippen LogP contribution in [0.2, 0.25) is 0 Å². The Morgan fingerprint density at radius 2 is 1.80 bits per heavy atom. The molecule has 1 fully saturated rings. The third-order valence-electron chi connectivity index (χ3n) is 4.54. The molecule has 25 heavy (non-hydrogen) atoms. The number of hydrogen-bond donors (Lipinski definition) is 0. The fraction of sp³-hybridized carbons (Fsp3) is 0.412. The summed E-state index contributed by atoms with van der Waals surface area (Å²) >= 11 is 0. The Morgan fingerprint density at radius 3 is 2.48 bits per heavy atom. The van der Waals surface area contributed by atoms with Gasteiger partial charge in [0, 0.05) is 38.5 Å². The number of benzene rings is 1. The Balaban J connectivity index is 1.92. The van der Waals surface area contributed by atoms with Crippen LogP contribution in [0.1, 0.15) is 11.5 Å². The zero-order valence-electron chi connectivity index (χ0n) is 13.9. The smallest absolute Gasteiger partial charge is 0.416 e. The summed E-state index contributed by atoms with van der Waals surface area (Å²) in [6.07, 6.45) is -4.41. The van der Waals surface area contributed by atoms with E-state index in [1.807, 2.05) is 0 Å². The summed E-state index contributed by atoms with van der Waals surface area (Å²) in [6.45, 7) is 5.05. The summed E-state index contributed by atoms with van der Waals surface area (Å²) < 4.78 is 44.8. The van der Waals surface area contributed by atoms with Gasteiger partial charge < -0.3 is 14.2 Å². The van der Waals surface area contributed by atoms with E-state index in [-0.39, 0.29) is 0 Å². The van der Waals surface area contributed by atoms with Gasteiger partial charge in [-0.15, -0.1) is 0 Å². The van der Waals surface area contributed by atoms with Crippen LogP contribution in [0.3, 0.4) is 0 Å². The lowest BCUT2D eigenvalue weighted by molar-refractivity contribution is -0.137. The van der Waals surface area contributed by atoms with E-state index in [9.17, 15) is 13.2 Å². The van der Waals surface area contributed by atoms with E-state index < -0.39 is 11.7 Å². The number of oxazole rings is 1. The minimum absolute atomic E-state index is 0.336. The lowest BCUT2D eigenvalue weighted by atomic mass is 10.1. The number of pyridine rings is 1. The van der Waals surface area contributed by atoms with Crippen molar-refractivity contribution in [2.45, 2.75) is 13.1 Å². The third kappa shape index (κ3) is 2.80. The quantitative estimate of drug-likeness (QED) is 0.673. The van der Waals surface area contributed by atoms with Crippen LogP contribution in [0.15, 0.2) is 22.6 Å². The van der Waals surface area contributed by atoms with Gasteiger partial charge in [-0.3, -0.25) is 0 Å². The molecule has 0 atom stereocenters. The second-order valence-corrected chi connectivity index (χ2v) is 6.37. The molecule has 0 bridgehead atoms. The predicted octanol–water partition coefficient (Wildman–Crippen LogP) is 3.46. The molecule has 1 aliphatic heterocycles. The van der Waals surface area contributed by atoms with Gasteiger partial charge in [0.25, 0.3) is 0 Å². The van der Waals surface area contributed by atoms with Crippen molar-refractivity contribution in [1.82, 2.24) is 14.9 Å². The molecule has 0 spiro atoms. The summed E-state index contributed by atoms with van der Waals surface area (Å²) in [5.74, 6) is 1.09. The highest BCUT2D eigenvalue weighted by Crippen LogP contribution is 2.36. The number of anilines is 1. The average Bonchev–Trinajstić information content (AvgIpc) is 2.95. The van der Waals surface area contributed by atoms with Gasteiger partial charge in [-0.05, 0) is 25.2 Å². The SMILES string of the molecule is Cc1nc2c(N3CCN(C)CC3)nc3ccc(C(F)(F)F)cc3c2o1. The van der Waals surface area contributed by atoms with Gasteiger partial charge in [-0.25, -0.2) is 9.97 Å². The Morgan fingerprint density at radius 1 is 1.08 bits per heavy atom. The van der Waals surface area contributed by atoms with Crippen LogP contribution in [0, 0.1) is 6.92 Å². The number of fused-ring (bicyclic) bond motifs is 3. The van der Waals surface area contributed by atoms with E-state index in [0.29, 0.717) is 33.7 Å². The van der Waals surface area contributed by atoms with Crippen LogP contribution in [0.25, 0.3) is 22.0 Å². The molecule has 1 saturated heterocycles. The molecule has 3 heterocycles. The number of aryl methyl sites for hydroxylation is 1. The van der Waals surface area contributed by atoms with Crippen molar-refractivity contribution >= 4 is 27.8 Å². The molecule has 2 aromatic heterocycles. The van der Waals surface area contributed by atoms with Crippen molar-refractivity contribution in [2.75, 3.05) is 38.1 Å². The van der Waals surface area contributed by atoms with Crippen LogP contribution >= 0.6 is 0 Å². The standard InChI is InChI=1S/C17H17F3N4O/c1-10-21-14-15(25-10)12-9-11(17(18,19)20)3-4-13(12)22-16(14)24-7-5-23(2)6-8-24/h3-4,9H,5-8H2,1-2H3. The Bertz CT molecular complexity index is 942. The largest absolute Gasteiger partial charge is 0.440 e. The summed E-state index contributed by atoms with van der Waals surface area (Å²) in [4.78, 5) is 13.3. The molecule has 1 aliphatic rings. The molecular formula is C17H17F3N4O. The first-order valence-electron chi connectivity index (χ1n) is 8.04. The lowest BCUT2D eigenvalue weighted by Crippen LogP contribution is -2.44. The molecule has 4 rings (SSSR count). The number of nitrogens with zero attached hydrogens (tertiary/aromatic N) is 4. The predicted molar refractivity (Wildman–Crippen MR) is 88.8 cm³/mol. The van der Waals surface area contributed by atoms with Gasteiger partial charge in [0.15, 0.2) is 22.8 Å². The number of rotatable bonds is 1. The van der Waals surface area contributed by atoms with Crippen LogP contribution in [0.5, 0.6) is 0 Å². The maximum Gasteiger partial charge on any atom is 0.416 e. The highest BCUT2D eigenvalue weighted by Gasteiger charge is 2.31. The zero-order chi connectivity index (χ0) is 17.8. The number of aromatic nitrogens is 2. The number of halogens is 3. The van der Waals surface area contributed by atoms with Crippen molar-refractivity contribution in [1.29, 1.82) is 0 Å². The molecule has 0 aliphatic carbocycles. The van der Waals surface area contributed by atoms with Gasteiger partial charge in [0.05, 0.1) is 11.1 Å². The molecule has 3 aromatic rings. The minimum atomic E-state index is -4.41. The molecule has 0 radical (unpaired) electrons. The highest BCUT2D eigenvalue weighted by atomic mass is 19.4. The van der Waals surface area contributed by atoms with E-state index in [0.717, 1.165) is 38.3 Å². The molecule has 132 valence electrons. The monoisotopic (exact) mass is 350 g/mol. The van der Waals surface area contributed by atoms with Gasteiger partial charge in [-0.2, -0.15) is 13.2 Å². The van der Waals surface area contributed by atoms with E-state index in [2.05, 4.69) is 26.8 Å². The molecule has 0 unspecified atom stereocenters. The number of hydrogen-bond acceptors (Lipinski definition) is 5. The molecule has 0 N–H and O–H groups in total. The number of piperazine rings is 1. The normalized spacial score (nSPS) is 16.9. The van der Waals surface area contributed by atoms with E-state index in [1.54, 1.807) is 6.92 Å². The number of alkyl halides is 3. The fourth-order valence-electron chi connectivity index (χ4n) is 3.16. The van der Waals surface area contributed by atoms with Gasteiger partial charge in [-0.1, -0.05) is 0 Å². The van der Waals surface area contributed by atoms with Crippen LogP contribution in [0.4, 0.5) is 19.0 Å². The second-order valence-electron chi connectivity index (χ2n) is 6.37. The molecule has 8 heteroatoms. The highest BCUT2D eigenvalue weighted by molar-refractivity contribution is 6.05. The summed E-state index contributed by atoms with van der Waals surface area (Å²) in [5, 5.41) is 0.336. The zero-order valence-corrected chi connectivity index (χ0v) is 13.9. The summed E-state index contributed by atoms with van der Waals surface area (Å²) in [5.41, 5.74) is 0.645. The molecule has 0 amide bonds. The number of likely N-dealkylation sites (N-methyl/N-ethyl adjacent to an activating group) is 1. The van der Waals surface area contributed by atoms with Crippen molar-refractivity contribution in [3.8, 4) is 0 Å². The first-order chi connectivity index (χ1) is 11.8. The molecule has 0 saturated carbocycles. The fourth-order valence-corrected chi connectivity index (χ4v) is 3.16. The van der Waals surface area contributed by atoms with Gasteiger partial charge in [0.1, 0.15) is 0 Å². The topological polar surface area (TPSA) is 45.4 Å². The van der Waals surface area contributed by atoms with Crippen molar-refractivity contribution in [3.63, 3.8) is 0 Å². The first kappa shape index (κ1) is 16.1. The van der Waals surface area contributed by atoms with Crippen molar-refractivity contribution < 1.29 is 17.6 Å². The van der Waals surface area contributed by atoms with Gasteiger partial charge in [0.2, 0.25) is 0 Å². The molecule has 5 nitrogen and oxygen atoms in total. The van der Waals surface area contributed by atoms with E-state index in [4.69, 9.17) is 4.42 Å². The van der Waals surface area contributed by atoms with E-state index >= 15 is 0 Å². The Labute approximate surface area is 142 Å². The summed E-state index contributed by atoms with van der Waals surface area (Å²) in [7, 11) is 2.06. The Hall–Kier alpha value is -2.35. The van der Waals surface area contributed by atoms with Crippen LogP contribution < -0.4 is 4.90 Å². The second kappa shape index (κ2) is 5.59.